The molecule has 2 aromatic rings. The van der Waals surface area contributed by atoms with Gasteiger partial charge in [0, 0.05) is 31.7 Å². The normalized spacial score (nSPS) is 23.1. The maximum absolute atomic E-state index is 13.9. The lowest BCUT2D eigenvalue weighted by Gasteiger charge is -2.33. The molecule has 0 aliphatic carbocycles. The Balaban J connectivity index is 1.50. The van der Waals surface area contributed by atoms with Crippen molar-refractivity contribution < 1.29 is 9.59 Å². The Hall–Kier alpha value is -2.12. The van der Waals surface area contributed by atoms with Gasteiger partial charge in [-0.15, -0.1) is 0 Å². The second-order valence-electron chi connectivity index (χ2n) is 10.8. The molecule has 200 valence electrons. The maximum atomic E-state index is 13.9. The van der Waals surface area contributed by atoms with Gasteiger partial charge in [-0.2, -0.15) is 0 Å². The number of fused-ring (bicyclic) bond motifs is 1. The smallest absolute Gasteiger partial charge is 0.243 e. The predicted octanol–water partition coefficient (Wildman–Crippen LogP) is 4.66. The summed E-state index contributed by atoms with van der Waals surface area (Å²) in [5, 5.41) is 3.97. The number of hydrogen-bond donors (Lipinski definition) is 2. The summed E-state index contributed by atoms with van der Waals surface area (Å²) in [6.45, 7) is 5.79. The minimum absolute atomic E-state index is 0.0276. The minimum Gasteiger partial charge on any atom is -0.350 e. The average molecular weight is 546 g/mol. The Morgan fingerprint density at radius 3 is 2.57 bits per heavy atom. The minimum atomic E-state index is -0.526. The molecule has 0 saturated carbocycles. The number of carbonyl (C=O) groups excluding carboxylic acids is 2. The number of aryl methyl sites for hydroxylation is 1. The standard InChI is InChI=1S/C29H38Cl2N4O2/c1-19(2)14-26(28(36)33-17-21-9-11-24(30)25(31)15-21)34-13-12-23(10-8-20-6-4-3-5-7-20)35-18-22(32)16-27(35)29(34)37/h3-7,9,11,15,19,22-23,26-27H,8,10,12-14,16-18,32H2,1-2H3,(H,33,36)/t22-,23?,26?,27+/m1/s1. The van der Waals surface area contributed by atoms with Crippen molar-refractivity contribution in [3.05, 3.63) is 69.7 Å². The van der Waals surface area contributed by atoms with E-state index in [0.29, 0.717) is 36.0 Å². The van der Waals surface area contributed by atoms with Crippen LogP contribution < -0.4 is 11.1 Å². The first-order valence-corrected chi connectivity index (χ1v) is 14.1. The van der Waals surface area contributed by atoms with Crippen LogP contribution in [0.25, 0.3) is 0 Å². The molecule has 2 aromatic carbocycles. The van der Waals surface area contributed by atoms with Gasteiger partial charge in [-0.25, -0.2) is 0 Å². The van der Waals surface area contributed by atoms with Crippen LogP contribution in [0.2, 0.25) is 10.0 Å². The van der Waals surface area contributed by atoms with Gasteiger partial charge in [-0.05, 0) is 61.3 Å². The number of rotatable bonds is 9. The molecule has 0 radical (unpaired) electrons. The summed E-state index contributed by atoms with van der Waals surface area (Å²) in [5.74, 6) is 0.155. The second kappa shape index (κ2) is 12.6. The zero-order valence-electron chi connectivity index (χ0n) is 21.7. The Bertz CT molecular complexity index is 1080. The third kappa shape index (κ3) is 7.05. The third-order valence-electron chi connectivity index (χ3n) is 7.55. The summed E-state index contributed by atoms with van der Waals surface area (Å²) in [4.78, 5) is 31.6. The molecular weight excluding hydrogens is 507 g/mol. The SMILES string of the molecule is CC(C)CC(C(=O)NCc1ccc(Cl)c(Cl)c1)N1CCC(CCc2ccccc2)N2C[C@H](N)C[C@H]2C1=O. The van der Waals surface area contributed by atoms with Gasteiger partial charge < -0.3 is 16.0 Å². The molecule has 2 fully saturated rings. The van der Waals surface area contributed by atoms with Crippen molar-refractivity contribution in [3.63, 3.8) is 0 Å². The molecule has 0 bridgehead atoms. The first-order valence-electron chi connectivity index (χ1n) is 13.3. The molecule has 2 unspecified atom stereocenters. The van der Waals surface area contributed by atoms with E-state index in [0.717, 1.165) is 31.4 Å². The second-order valence-corrected chi connectivity index (χ2v) is 11.6. The van der Waals surface area contributed by atoms with E-state index in [2.05, 4.69) is 48.3 Å². The Labute approximate surface area is 230 Å². The molecule has 0 spiro atoms. The van der Waals surface area contributed by atoms with Crippen molar-refractivity contribution in [2.45, 2.75) is 76.7 Å². The van der Waals surface area contributed by atoms with Crippen molar-refractivity contribution in [3.8, 4) is 0 Å². The molecule has 37 heavy (non-hydrogen) atoms. The summed E-state index contributed by atoms with van der Waals surface area (Å²) < 4.78 is 0. The van der Waals surface area contributed by atoms with Crippen LogP contribution in [0.1, 0.15) is 50.7 Å². The lowest BCUT2D eigenvalue weighted by molar-refractivity contribution is -0.143. The van der Waals surface area contributed by atoms with E-state index in [1.165, 1.54) is 5.56 Å². The lowest BCUT2D eigenvalue weighted by atomic mass is 9.99. The van der Waals surface area contributed by atoms with E-state index >= 15 is 0 Å². The van der Waals surface area contributed by atoms with E-state index in [1.807, 2.05) is 17.0 Å². The molecule has 4 rings (SSSR count). The Morgan fingerprint density at radius 1 is 1.11 bits per heavy atom. The van der Waals surface area contributed by atoms with Crippen LogP contribution in [-0.2, 0) is 22.6 Å². The molecule has 2 saturated heterocycles. The summed E-state index contributed by atoms with van der Waals surface area (Å²) in [6.07, 6.45) is 3.99. The number of nitrogens with zero attached hydrogens (tertiary/aromatic N) is 2. The average Bonchev–Trinajstić information content (AvgIpc) is 3.22. The summed E-state index contributed by atoms with van der Waals surface area (Å²) in [5.41, 5.74) is 8.53. The monoisotopic (exact) mass is 544 g/mol. The fourth-order valence-electron chi connectivity index (χ4n) is 5.67. The molecule has 0 aromatic heterocycles. The zero-order valence-corrected chi connectivity index (χ0v) is 23.2. The summed E-state index contributed by atoms with van der Waals surface area (Å²) in [6, 6.07) is 15.2. The first-order chi connectivity index (χ1) is 17.7. The highest BCUT2D eigenvalue weighted by Gasteiger charge is 2.45. The van der Waals surface area contributed by atoms with Crippen molar-refractivity contribution in [2.75, 3.05) is 13.1 Å². The first kappa shape index (κ1) is 27.9. The van der Waals surface area contributed by atoms with Crippen LogP contribution in [0.3, 0.4) is 0 Å². The fourth-order valence-corrected chi connectivity index (χ4v) is 5.99. The number of hydrogen-bond acceptors (Lipinski definition) is 4. The molecular formula is C29H38Cl2N4O2. The molecule has 6 nitrogen and oxygen atoms in total. The van der Waals surface area contributed by atoms with Crippen molar-refractivity contribution in [1.82, 2.24) is 15.1 Å². The zero-order chi connectivity index (χ0) is 26.5. The number of nitrogens with two attached hydrogens (primary N) is 1. The van der Waals surface area contributed by atoms with Gasteiger partial charge in [-0.3, -0.25) is 14.5 Å². The highest BCUT2D eigenvalue weighted by Crippen LogP contribution is 2.30. The topological polar surface area (TPSA) is 78.7 Å². The van der Waals surface area contributed by atoms with Crippen LogP contribution >= 0.6 is 23.2 Å². The molecule has 2 aliphatic rings. The van der Waals surface area contributed by atoms with E-state index in [4.69, 9.17) is 28.9 Å². The van der Waals surface area contributed by atoms with Gasteiger partial charge in [0.15, 0.2) is 0 Å². The van der Waals surface area contributed by atoms with Crippen molar-refractivity contribution in [1.29, 1.82) is 0 Å². The number of benzene rings is 2. The van der Waals surface area contributed by atoms with E-state index in [9.17, 15) is 9.59 Å². The van der Waals surface area contributed by atoms with Gasteiger partial charge in [0.2, 0.25) is 11.8 Å². The van der Waals surface area contributed by atoms with E-state index in [1.54, 1.807) is 12.1 Å². The number of nitrogens with one attached hydrogen (secondary N) is 1. The number of carbonyl (C=O) groups is 2. The predicted molar refractivity (Wildman–Crippen MR) is 150 cm³/mol. The van der Waals surface area contributed by atoms with Crippen LogP contribution in [0, 0.1) is 5.92 Å². The molecule has 2 aliphatic heterocycles. The van der Waals surface area contributed by atoms with Crippen LogP contribution in [-0.4, -0.2) is 58.9 Å². The highest BCUT2D eigenvalue weighted by molar-refractivity contribution is 6.42. The van der Waals surface area contributed by atoms with Gasteiger partial charge in [0.25, 0.3) is 0 Å². The highest BCUT2D eigenvalue weighted by atomic mass is 35.5. The van der Waals surface area contributed by atoms with Crippen molar-refractivity contribution in [2.24, 2.45) is 11.7 Å². The van der Waals surface area contributed by atoms with Gasteiger partial charge >= 0.3 is 0 Å². The molecule has 8 heteroatoms. The lowest BCUT2D eigenvalue weighted by Crippen LogP contribution is -2.53. The Kier molecular flexibility index (Phi) is 9.51. The van der Waals surface area contributed by atoms with Crippen molar-refractivity contribution >= 4 is 35.0 Å². The largest absolute Gasteiger partial charge is 0.350 e. The quantitative estimate of drug-likeness (QED) is 0.481. The Morgan fingerprint density at radius 2 is 1.86 bits per heavy atom. The fraction of sp³-hybridized carbons (Fsp3) is 0.517. The summed E-state index contributed by atoms with van der Waals surface area (Å²) >= 11 is 12.2. The van der Waals surface area contributed by atoms with Crippen LogP contribution in [0.4, 0.5) is 0 Å². The third-order valence-corrected chi connectivity index (χ3v) is 8.28. The van der Waals surface area contributed by atoms with E-state index < -0.39 is 6.04 Å². The van der Waals surface area contributed by atoms with Crippen LogP contribution in [0.5, 0.6) is 0 Å². The van der Waals surface area contributed by atoms with Gasteiger partial charge in [0.1, 0.15) is 6.04 Å². The molecule has 4 atom stereocenters. The molecule has 2 amide bonds. The van der Waals surface area contributed by atoms with Gasteiger partial charge in [0.05, 0.1) is 16.1 Å². The van der Waals surface area contributed by atoms with Crippen LogP contribution in [0.15, 0.2) is 48.5 Å². The molecule has 2 heterocycles. The molecule has 3 N–H and O–H groups in total. The van der Waals surface area contributed by atoms with E-state index in [-0.39, 0.29) is 35.9 Å². The van der Waals surface area contributed by atoms with Gasteiger partial charge in [-0.1, -0.05) is 73.4 Å². The summed E-state index contributed by atoms with van der Waals surface area (Å²) in [7, 11) is 0. The number of halogens is 2. The maximum Gasteiger partial charge on any atom is 0.243 e. The number of amides is 2.